The van der Waals surface area contributed by atoms with Gasteiger partial charge in [0.2, 0.25) is 0 Å². The van der Waals surface area contributed by atoms with Crippen LogP contribution in [0.15, 0.2) is 140 Å². The normalized spacial score (nSPS) is 16.2. The minimum absolute atomic E-state index is 0.278. The number of ether oxygens (including phenoxy) is 1. The van der Waals surface area contributed by atoms with Crippen LogP contribution in [0.2, 0.25) is 0 Å². The van der Waals surface area contributed by atoms with E-state index in [1.165, 1.54) is 60.5 Å². The molecule has 0 fully saturated rings. The molecule has 1 heterocycles. The summed E-state index contributed by atoms with van der Waals surface area (Å²) in [5.74, 6) is 1.85. The highest BCUT2D eigenvalue weighted by atomic mass is 16.5. The van der Waals surface area contributed by atoms with Crippen molar-refractivity contribution >= 4 is 21.5 Å². The lowest BCUT2D eigenvalue weighted by molar-refractivity contribution is 0.489. The van der Waals surface area contributed by atoms with E-state index in [9.17, 15) is 0 Å². The highest BCUT2D eigenvalue weighted by Gasteiger charge is 2.41. The summed E-state index contributed by atoms with van der Waals surface area (Å²) in [6, 6.07) is 50.8. The first-order valence-corrected chi connectivity index (χ1v) is 14.3. The zero-order valence-corrected chi connectivity index (χ0v) is 22.7. The summed E-state index contributed by atoms with van der Waals surface area (Å²) in [5.41, 5.74) is 11.1. The van der Waals surface area contributed by atoms with Crippen LogP contribution in [-0.4, -0.2) is 0 Å². The second-order valence-corrected chi connectivity index (χ2v) is 11.4. The van der Waals surface area contributed by atoms with Crippen LogP contribution in [-0.2, 0) is 5.41 Å². The Labute approximate surface area is 239 Å². The van der Waals surface area contributed by atoms with Crippen molar-refractivity contribution < 1.29 is 4.74 Å². The molecule has 2 aliphatic rings. The number of rotatable bonds is 2. The Hall–Kier alpha value is -5.14. The molecule has 9 rings (SSSR count). The molecule has 0 bridgehead atoms. The van der Waals surface area contributed by atoms with Crippen LogP contribution in [0.3, 0.4) is 0 Å². The van der Waals surface area contributed by atoms with Crippen LogP contribution in [0, 0.1) is 0 Å². The van der Waals surface area contributed by atoms with Gasteiger partial charge in [-0.2, -0.15) is 0 Å². The Bertz CT molecular complexity index is 2180. The first-order chi connectivity index (χ1) is 20.2. The predicted molar refractivity (Wildman–Crippen MR) is 170 cm³/mol. The van der Waals surface area contributed by atoms with Gasteiger partial charge in [0.1, 0.15) is 11.5 Å². The molecule has 0 N–H and O–H groups in total. The third kappa shape index (κ3) is 3.01. The lowest BCUT2D eigenvalue weighted by atomic mass is 9.73. The molecule has 7 aromatic rings. The summed E-state index contributed by atoms with van der Waals surface area (Å²) < 4.78 is 6.71. The lowest BCUT2D eigenvalue weighted by Crippen LogP contribution is -2.22. The number of fused-ring (bicyclic) bond motifs is 7. The maximum absolute atomic E-state index is 6.71. The van der Waals surface area contributed by atoms with Crippen LogP contribution in [0.5, 0.6) is 11.5 Å². The van der Waals surface area contributed by atoms with Gasteiger partial charge in [-0.15, -0.1) is 0 Å². The van der Waals surface area contributed by atoms with Gasteiger partial charge in [-0.05, 0) is 74.2 Å². The molecule has 1 unspecified atom stereocenters. The lowest BCUT2D eigenvalue weighted by Gasteiger charge is -2.29. The van der Waals surface area contributed by atoms with Gasteiger partial charge in [0.05, 0.1) is 0 Å². The molecule has 1 aliphatic heterocycles. The van der Waals surface area contributed by atoms with Gasteiger partial charge in [0.15, 0.2) is 0 Å². The fourth-order valence-electron chi connectivity index (χ4n) is 7.36. The van der Waals surface area contributed by atoms with E-state index in [1.54, 1.807) is 0 Å². The van der Waals surface area contributed by atoms with Gasteiger partial charge >= 0.3 is 0 Å². The molecule has 0 amide bonds. The predicted octanol–water partition coefficient (Wildman–Crippen LogP) is 10.8. The fraction of sp³-hybridized carbons (Fsp3) is 0.0500. The Morgan fingerprint density at radius 3 is 2.15 bits per heavy atom. The van der Waals surface area contributed by atoms with E-state index in [1.807, 2.05) is 0 Å². The monoisotopic (exact) mass is 522 g/mol. The largest absolute Gasteiger partial charge is 0.455 e. The van der Waals surface area contributed by atoms with Crippen molar-refractivity contribution in [1.29, 1.82) is 0 Å². The molecule has 1 heteroatoms. The first kappa shape index (κ1) is 22.7. The van der Waals surface area contributed by atoms with Crippen LogP contribution < -0.4 is 4.74 Å². The molecule has 0 spiro atoms. The summed E-state index contributed by atoms with van der Waals surface area (Å²) in [6.45, 7) is 2.39. The first-order valence-electron chi connectivity index (χ1n) is 14.3. The van der Waals surface area contributed by atoms with Crippen LogP contribution in [0.25, 0.3) is 54.9 Å². The number of benzene rings is 7. The molecule has 1 atom stereocenters. The Morgan fingerprint density at radius 1 is 0.512 bits per heavy atom. The highest BCUT2D eigenvalue weighted by molar-refractivity contribution is 6.06. The Morgan fingerprint density at radius 2 is 1.24 bits per heavy atom. The zero-order chi connectivity index (χ0) is 27.1. The van der Waals surface area contributed by atoms with Crippen molar-refractivity contribution in [3.05, 3.63) is 156 Å². The average molecular weight is 523 g/mol. The van der Waals surface area contributed by atoms with Crippen LogP contribution in [0.4, 0.5) is 0 Å². The van der Waals surface area contributed by atoms with Gasteiger partial charge in [-0.25, -0.2) is 0 Å². The summed E-state index contributed by atoms with van der Waals surface area (Å²) >= 11 is 0. The second kappa shape index (κ2) is 8.19. The Kier molecular flexibility index (Phi) is 4.52. The summed E-state index contributed by atoms with van der Waals surface area (Å²) in [6.07, 6.45) is 0. The van der Waals surface area contributed by atoms with Crippen molar-refractivity contribution in [2.24, 2.45) is 0 Å². The van der Waals surface area contributed by atoms with Gasteiger partial charge in [-0.1, -0.05) is 127 Å². The fourth-order valence-corrected chi connectivity index (χ4v) is 7.36. The second-order valence-electron chi connectivity index (χ2n) is 11.4. The molecule has 1 aliphatic carbocycles. The molecule has 0 saturated heterocycles. The topological polar surface area (TPSA) is 9.23 Å². The van der Waals surface area contributed by atoms with Crippen molar-refractivity contribution in [3.8, 4) is 44.9 Å². The molecule has 0 aromatic heterocycles. The number of hydrogen-bond donors (Lipinski definition) is 0. The van der Waals surface area contributed by atoms with E-state index in [0.717, 1.165) is 22.6 Å². The number of para-hydroxylation sites is 1. The van der Waals surface area contributed by atoms with E-state index in [2.05, 4.69) is 146 Å². The standard InChI is InChI=1S/C40H26O/c1-40(28-13-3-2-4-14-28)34-23-21-25-10-5-6-15-29(25)38(34)33-22-20-27(24-35(33)40)30-16-9-18-32-31-17-7-11-26-12-8-19-36(37(26)31)41-39(30)32/h2-24H,1H3. The minimum atomic E-state index is -0.278. The van der Waals surface area contributed by atoms with E-state index >= 15 is 0 Å². The Balaban J connectivity index is 1.31. The molecular weight excluding hydrogens is 496 g/mol. The van der Waals surface area contributed by atoms with Gasteiger partial charge < -0.3 is 4.74 Å². The van der Waals surface area contributed by atoms with E-state index in [-0.39, 0.29) is 5.41 Å². The minimum Gasteiger partial charge on any atom is -0.455 e. The highest BCUT2D eigenvalue weighted by Crippen LogP contribution is 2.56. The van der Waals surface area contributed by atoms with Gasteiger partial charge in [-0.3, -0.25) is 0 Å². The third-order valence-corrected chi connectivity index (χ3v) is 9.34. The van der Waals surface area contributed by atoms with Crippen LogP contribution >= 0.6 is 0 Å². The molecule has 0 saturated carbocycles. The third-order valence-electron chi connectivity index (χ3n) is 9.34. The zero-order valence-electron chi connectivity index (χ0n) is 22.7. The van der Waals surface area contributed by atoms with E-state index in [4.69, 9.17) is 4.74 Å². The molecule has 7 aromatic carbocycles. The van der Waals surface area contributed by atoms with E-state index < -0.39 is 0 Å². The summed E-state index contributed by atoms with van der Waals surface area (Å²) in [5, 5.41) is 4.98. The van der Waals surface area contributed by atoms with Crippen LogP contribution in [0.1, 0.15) is 23.6 Å². The van der Waals surface area contributed by atoms with E-state index in [0.29, 0.717) is 0 Å². The number of hydrogen-bond acceptors (Lipinski definition) is 1. The maximum Gasteiger partial charge on any atom is 0.143 e. The maximum atomic E-state index is 6.71. The molecule has 0 radical (unpaired) electrons. The average Bonchev–Trinajstić information content (AvgIpc) is 3.30. The summed E-state index contributed by atoms with van der Waals surface area (Å²) in [4.78, 5) is 0. The van der Waals surface area contributed by atoms with Gasteiger partial charge in [0.25, 0.3) is 0 Å². The molecule has 41 heavy (non-hydrogen) atoms. The molecule has 1 nitrogen and oxygen atoms in total. The quantitative estimate of drug-likeness (QED) is 0.219. The van der Waals surface area contributed by atoms with Crippen molar-refractivity contribution in [3.63, 3.8) is 0 Å². The summed E-state index contributed by atoms with van der Waals surface area (Å²) in [7, 11) is 0. The van der Waals surface area contributed by atoms with Crippen molar-refractivity contribution in [1.82, 2.24) is 0 Å². The van der Waals surface area contributed by atoms with Crippen molar-refractivity contribution in [2.45, 2.75) is 12.3 Å². The molecular formula is C40H26O. The smallest absolute Gasteiger partial charge is 0.143 e. The van der Waals surface area contributed by atoms with Gasteiger partial charge in [0, 0.05) is 21.9 Å². The molecule has 192 valence electrons. The van der Waals surface area contributed by atoms with Crippen molar-refractivity contribution in [2.75, 3.05) is 0 Å². The SMILES string of the molecule is CC1(c2ccccc2)c2cc(-c3cccc4c3Oc3cccc5cccc-4c35)ccc2-c2c1ccc1ccccc21.